The van der Waals surface area contributed by atoms with Gasteiger partial charge in [0.05, 0.1) is 11.4 Å². The van der Waals surface area contributed by atoms with Gasteiger partial charge in [-0.2, -0.15) is 0 Å². The van der Waals surface area contributed by atoms with Crippen molar-refractivity contribution in [2.75, 3.05) is 0 Å². The van der Waals surface area contributed by atoms with Crippen LogP contribution in [0.2, 0.25) is 0 Å². The van der Waals surface area contributed by atoms with Gasteiger partial charge in [0.2, 0.25) is 0 Å². The maximum atomic E-state index is 14.2. The van der Waals surface area contributed by atoms with E-state index in [4.69, 9.17) is 11.6 Å². The van der Waals surface area contributed by atoms with Crippen LogP contribution in [0.3, 0.4) is 0 Å². The molecule has 0 amide bonds. The van der Waals surface area contributed by atoms with Crippen molar-refractivity contribution in [3.63, 3.8) is 0 Å². The molecule has 26 heavy (non-hydrogen) atoms. The summed E-state index contributed by atoms with van der Waals surface area (Å²) in [6, 6.07) is 0. The van der Waals surface area contributed by atoms with Crippen LogP contribution in [-0.2, 0) is 9.59 Å². The van der Waals surface area contributed by atoms with E-state index in [1.165, 1.54) is 0 Å². The highest BCUT2D eigenvalue weighted by Crippen LogP contribution is 2.68. The predicted octanol–water partition coefficient (Wildman–Crippen LogP) is 5.53. The predicted molar refractivity (Wildman–Crippen MR) is 100 cm³/mol. The van der Waals surface area contributed by atoms with Crippen LogP contribution in [0.4, 0.5) is 4.39 Å². The maximum Gasteiger partial charge on any atom is 0.197 e. The Labute approximate surface area is 159 Å². The summed E-state index contributed by atoms with van der Waals surface area (Å²) in [6.07, 6.45) is 5.54. The Morgan fingerprint density at radius 2 is 1.92 bits per heavy atom. The zero-order valence-electron chi connectivity index (χ0n) is 15.9. The third-order valence-electron chi connectivity index (χ3n) is 8.34. The van der Waals surface area contributed by atoms with Crippen molar-refractivity contribution in [3.05, 3.63) is 34.2 Å². The summed E-state index contributed by atoms with van der Waals surface area (Å²) < 4.78 is 14.2. The summed E-state index contributed by atoms with van der Waals surface area (Å²) >= 11 is 6.49. The van der Waals surface area contributed by atoms with Crippen molar-refractivity contribution in [2.24, 2.45) is 34.5 Å². The summed E-state index contributed by atoms with van der Waals surface area (Å²) in [4.78, 5) is 25.0. The Hall–Kier alpha value is -1.22. The van der Waals surface area contributed by atoms with Gasteiger partial charge in [0, 0.05) is 23.2 Å². The molecule has 0 N–H and O–H groups in total. The first-order chi connectivity index (χ1) is 12.2. The molecule has 0 unspecified atom stereocenters. The van der Waals surface area contributed by atoms with E-state index in [1.54, 1.807) is 6.08 Å². The minimum absolute atomic E-state index is 0.0370. The van der Waals surface area contributed by atoms with Gasteiger partial charge in [0.15, 0.2) is 5.78 Å². The van der Waals surface area contributed by atoms with Crippen LogP contribution in [0, 0.1) is 34.5 Å². The Morgan fingerprint density at radius 3 is 2.58 bits per heavy atom. The van der Waals surface area contributed by atoms with Crippen LogP contribution < -0.4 is 0 Å². The summed E-state index contributed by atoms with van der Waals surface area (Å²) in [5, 5.41) is 0.263. The number of Topliss-reactive ketones (excluding diaryl/α,β-unsaturated/α-hetero) is 1. The number of hydrogen-bond acceptors (Lipinski definition) is 2. The molecule has 0 heterocycles. The zero-order chi connectivity index (χ0) is 19.0. The highest BCUT2D eigenvalue weighted by molar-refractivity contribution is 6.45. The van der Waals surface area contributed by atoms with Gasteiger partial charge < -0.3 is 0 Å². The fourth-order valence-corrected chi connectivity index (χ4v) is 7.18. The van der Waals surface area contributed by atoms with E-state index in [-0.39, 0.29) is 45.3 Å². The number of hydrogen-bond donors (Lipinski definition) is 0. The molecule has 0 aromatic heterocycles. The van der Waals surface area contributed by atoms with E-state index in [0.29, 0.717) is 12.2 Å². The Kier molecular flexibility index (Phi) is 3.94. The van der Waals surface area contributed by atoms with Gasteiger partial charge in [-0.15, -0.1) is 0 Å². The molecule has 0 aliphatic heterocycles. The number of rotatable bonds is 0. The van der Waals surface area contributed by atoms with Gasteiger partial charge in [-0.1, -0.05) is 37.9 Å². The number of ketones is 2. The topological polar surface area (TPSA) is 34.1 Å². The molecule has 4 rings (SSSR count). The number of carbonyl (C=O) groups is 2. The third kappa shape index (κ3) is 1.99. The SMILES string of the molecule is CC1=CC(=O)C(Cl)=C2[C@H](C)C(=CF)[C@@H]3[C@H](CC[C@]4(C)C(=O)CC[C@@H]34)[C@@]12C. The molecule has 0 bridgehead atoms. The summed E-state index contributed by atoms with van der Waals surface area (Å²) in [7, 11) is 0. The van der Waals surface area contributed by atoms with Crippen LogP contribution in [0.15, 0.2) is 34.2 Å². The zero-order valence-corrected chi connectivity index (χ0v) is 16.6. The van der Waals surface area contributed by atoms with Gasteiger partial charge in [-0.05, 0) is 61.2 Å². The van der Waals surface area contributed by atoms with Crippen molar-refractivity contribution in [3.8, 4) is 0 Å². The molecular weight excluding hydrogens is 351 g/mol. The summed E-state index contributed by atoms with van der Waals surface area (Å²) in [5.74, 6) is 0.345. The first kappa shape index (κ1) is 18.2. The summed E-state index contributed by atoms with van der Waals surface area (Å²) in [5.41, 5.74) is 1.96. The van der Waals surface area contributed by atoms with Crippen molar-refractivity contribution in [2.45, 2.75) is 53.4 Å². The fraction of sp³-hybridized carbons (Fsp3) is 0.636. The van der Waals surface area contributed by atoms with Crippen molar-refractivity contribution < 1.29 is 14.0 Å². The van der Waals surface area contributed by atoms with Crippen molar-refractivity contribution in [1.29, 1.82) is 0 Å². The molecular formula is C22H26ClFO2. The molecule has 4 heteroatoms. The number of allylic oxidation sites excluding steroid dienone is 5. The van der Waals surface area contributed by atoms with Crippen LogP contribution in [0.5, 0.6) is 0 Å². The highest BCUT2D eigenvalue weighted by Gasteiger charge is 2.62. The smallest absolute Gasteiger partial charge is 0.197 e. The molecule has 140 valence electrons. The molecule has 6 atom stereocenters. The fourth-order valence-electron chi connectivity index (χ4n) is 6.76. The number of halogens is 2. The lowest BCUT2D eigenvalue weighted by molar-refractivity contribution is -0.130. The maximum absolute atomic E-state index is 14.2. The molecule has 0 saturated heterocycles. The van der Waals surface area contributed by atoms with E-state index in [1.807, 2.05) is 13.8 Å². The van der Waals surface area contributed by atoms with E-state index in [2.05, 4.69) is 13.8 Å². The van der Waals surface area contributed by atoms with Gasteiger partial charge in [-0.3, -0.25) is 9.59 Å². The molecule has 0 aromatic carbocycles. The Morgan fingerprint density at radius 1 is 1.23 bits per heavy atom. The van der Waals surface area contributed by atoms with E-state index >= 15 is 0 Å². The first-order valence-electron chi connectivity index (χ1n) is 9.64. The Bertz CT molecular complexity index is 807. The lowest BCUT2D eigenvalue weighted by Gasteiger charge is -2.59. The molecule has 3 saturated carbocycles. The molecule has 0 aromatic rings. The van der Waals surface area contributed by atoms with Gasteiger partial charge in [0.1, 0.15) is 5.78 Å². The van der Waals surface area contributed by atoms with Gasteiger partial charge in [0.25, 0.3) is 0 Å². The van der Waals surface area contributed by atoms with Crippen LogP contribution in [0.25, 0.3) is 0 Å². The van der Waals surface area contributed by atoms with E-state index in [9.17, 15) is 14.0 Å². The average Bonchev–Trinajstić information content (AvgIpc) is 2.89. The highest BCUT2D eigenvalue weighted by atomic mass is 35.5. The quantitative estimate of drug-likeness (QED) is 0.557. The third-order valence-corrected chi connectivity index (χ3v) is 8.73. The van der Waals surface area contributed by atoms with E-state index in [0.717, 1.165) is 42.3 Å². The second kappa shape index (κ2) is 5.64. The second-order valence-electron chi connectivity index (χ2n) is 9.11. The first-order valence-corrected chi connectivity index (χ1v) is 10.0. The Balaban J connectivity index is 1.93. The number of fused-ring (bicyclic) bond motifs is 5. The molecule has 0 spiro atoms. The molecule has 3 fully saturated rings. The normalized spacial score (nSPS) is 46.8. The molecule has 2 nitrogen and oxygen atoms in total. The standard InChI is InChI=1S/C22H26ClFO2/c1-11-9-16(25)20(23)19-12(2)13(10-24)18-14-5-6-17(26)21(14,3)8-7-15(18)22(11,19)4/h9-10,12,14-15,18H,5-8H2,1-4H3/t12-,14+,15+,18+,21+,22-/m1/s1. The largest absolute Gasteiger partial charge is 0.299 e. The molecule has 0 radical (unpaired) electrons. The van der Waals surface area contributed by atoms with E-state index < -0.39 is 0 Å². The summed E-state index contributed by atoms with van der Waals surface area (Å²) in [6.45, 7) is 8.22. The second-order valence-corrected chi connectivity index (χ2v) is 9.49. The monoisotopic (exact) mass is 376 g/mol. The molecule has 4 aliphatic rings. The van der Waals surface area contributed by atoms with Crippen LogP contribution in [0.1, 0.15) is 53.4 Å². The average molecular weight is 377 g/mol. The minimum atomic E-state index is -0.339. The number of carbonyl (C=O) groups excluding carboxylic acids is 2. The van der Waals surface area contributed by atoms with Crippen LogP contribution in [-0.4, -0.2) is 11.6 Å². The lowest BCUT2D eigenvalue weighted by atomic mass is 9.44. The molecule has 4 aliphatic carbocycles. The van der Waals surface area contributed by atoms with Gasteiger partial charge >= 0.3 is 0 Å². The van der Waals surface area contributed by atoms with Gasteiger partial charge in [-0.25, -0.2) is 4.39 Å². The van der Waals surface area contributed by atoms with Crippen molar-refractivity contribution in [1.82, 2.24) is 0 Å². The van der Waals surface area contributed by atoms with Crippen molar-refractivity contribution >= 4 is 23.2 Å². The lowest BCUT2D eigenvalue weighted by Crippen LogP contribution is -2.54. The van der Waals surface area contributed by atoms with Crippen LogP contribution >= 0.6 is 11.6 Å². The minimum Gasteiger partial charge on any atom is -0.299 e.